The van der Waals surface area contributed by atoms with Gasteiger partial charge in [-0.2, -0.15) is 0 Å². The van der Waals surface area contributed by atoms with Crippen molar-refractivity contribution in [1.82, 2.24) is 10.2 Å². The lowest BCUT2D eigenvalue weighted by atomic mass is 9.95. The van der Waals surface area contributed by atoms with E-state index >= 15 is 0 Å². The average Bonchev–Trinajstić information content (AvgIpc) is 2.92. The molecule has 10 nitrogen and oxygen atoms in total. The predicted octanol–water partition coefficient (Wildman–Crippen LogP) is 1.59. The van der Waals surface area contributed by atoms with Crippen LogP contribution in [0.4, 0.5) is 0 Å². The summed E-state index contributed by atoms with van der Waals surface area (Å²) in [5.74, 6) is -0.387. The highest BCUT2D eigenvalue weighted by Gasteiger charge is 2.51. The molecule has 1 aromatic carbocycles. The number of allylic oxidation sites excluding steroid dienone is 3. The standard InChI is InChI=1S/C26H38N4O6S2/c1-4-6-23(22(27)5-2)37-19-24(31)29-13-17-36-20-7-9-21(10-8-20)38(33,34)26(25(28)32)11-14-30(15-12-26)16-18-35-3/h4-10H,2,11-19,27H2,1,3H3,(H2,28,32)(H,29,31)/b6-4-,23-22-. The Morgan fingerprint density at radius 1 is 1.18 bits per heavy atom. The van der Waals surface area contributed by atoms with Crippen molar-refractivity contribution in [3.63, 3.8) is 0 Å². The quantitative estimate of drug-likeness (QED) is 0.212. The first-order valence-electron chi connectivity index (χ1n) is 12.2. The second kappa shape index (κ2) is 15.0. The molecule has 1 aliphatic heterocycles. The monoisotopic (exact) mass is 566 g/mol. The maximum Gasteiger partial charge on any atom is 0.239 e. The fourth-order valence-electron chi connectivity index (χ4n) is 3.98. The van der Waals surface area contributed by atoms with E-state index in [1.807, 2.05) is 19.1 Å². The van der Waals surface area contributed by atoms with E-state index in [4.69, 9.17) is 20.9 Å². The minimum Gasteiger partial charge on any atom is -0.492 e. The molecule has 0 atom stereocenters. The summed E-state index contributed by atoms with van der Waals surface area (Å²) in [6.07, 6.45) is 5.43. The van der Waals surface area contributed by atoms with E-state index in [0.29, 0.717) is 37.7 Å². The number of hydrogen-bond acceptors (Lipinski definition) is 9. The molecule has 1 aliphatic rings. The first kappa shape index (κ1) is 31.4. The van der Waals surface area contributed by atoms with Crippen molar-refractivity contribution in [1.29, 1.82) is 0 Å². The summed E-state index contributed by atoms with van der Waals surface area (Å²) in [6.45, 7) is 8.02. The summed E-state index contributed by atoms with van der Waals surface area (Å²) in [4.78, 5) is 27.4. The van der Waals surface area contributed by atoms with Gasteiger partial charge < -0.3 is 31.2 Å². The van der Waals surface area contributed by atoms with Gasteiger partial charge in [0.25, 0.3) is 0 Å². The molecule has 1 heterocycles. The number of likely N-dealkylation sites (tertiary alicyclic amines) is 1. The Labute approximate surface area is 229 Å². The molecular weight excluding hydrogens is 528 g/mol. The van der Waals surface area contributed by atoms with Crippen LogP contribution in [0.3, 0.4) is 0 Å². The summed E-state index contributed by atoms with van der Waals surface area (Å²) in [5, 5.41) is 2.76. The molecule has 0 aliphatic carbocycles. The number of nitrogens with one attached hydrogen (secondary N) is 1. The number of hydrogen-bond donors (Lipinski definition) is 3. The smallest absolute Gasteiger partial charge is 0.239 e. The van der Waals surface area contributed by atoms with Gasteiger partial charge in [0.1, 0.15) is 12.4 Å². The zero-order valence-corrected chi connectivity index (χ0v) is 23.6. The normalized spacial score (nSPS) is 16.6. The fourth-order valence-corrected chi connectivity index (χ4v) is 6.78. The van der Waals surface area contributed by atoms with E-state index in [0.717, 1.165) is 4.91 Å². The number of ether oxygens (including phenoxy) is 2. The summed E-state index contributed by atoms with van der Waals surface area (Å²) >= 11 is 1.31. The third kappa shape index (κ3) is 8.10. The zero-order valence-electron chi connectivity index (χ0n) is 22.0. The summed E-state index contributed by atoms with van der Waals surface area (Å²) in [5.41, 5.74) is 12.0. The Morgan fingerprint density at radius 3 is 2.39 bits per heavy atom. The van der Waals surface area contributed by atoms with Crippen molar-refractivity contribution >= 4 is 33.4 Å². The molecule has 0 spiro atoms. The molecule has 0 radical (unpaired) electrons. The number of carbonyl (C=O) groups excluding carboxylic acids is 2. The molecule has 0 saturated carbocycles. The molecule has 1 aromatic rings. The Kier molecular flexibility index (Phi) is 12.4. The van der Waals surface area contributed by atoms with Crippen LogP contribution in [0.15, 0.2) is 64.6 Å². The number of amides is 2. The number of benzene rings is 1. The number of carbonyl (C=O) groups is 2. The lowest BCUT2D eigenvalue weighted by Gasteiger charge is -2.38. The molecule has 0 unspecified atom stereocenters. The highest BCUT2D eigenvalue weighted by Crippen LogP contribution is 2.36. The number of nitrogens with zero attached hydrogens (tertiary/aromatic N) is 1. The van der Waals surface area contributed by atoms with Crippen molar-refractivity contribution in [2.45, 2.75) is 29.4 Å². The van der Waals surface area contributed by atoms with E-state index in [1.165, 1.54) is 42.1 Å². The van der Waals surface area contributed by atoms with E-state index < -0.39 is 20.5 Å². The maximum absolute atomic E-state index is 13.5. The molecule has 12 heteroatoms. The van der Waals surface area contributed by atoms with Gasteiger partial charge in [0.2, 0.25) is 11.8 Å². The molecule has 0 aromatic heterocycles. The van der Waals surface area contributed by atoms with Crippen molar-refractivity contribution in [2.75, 3.05) is 52.3 Å². The van der Waals surface area contributed by atoms with Gasteiger partial charge in [-0.1, -0.05) is 18.7 Å². The Balaban J connectivity index is 1.91. The molecule has 2 rings (SSSR count). The number of nitrogens with two attached hydrogens (primary N) is 2. The van der Waals surface area contributed by atoms with Crippen LogP contribution in [0.5, 0.6) is 5.75 Å². The number of primary amides is 1. The Bertz CT molecular complexity index is 1120. The van der Waals surface area contributed by atoms with Crippen LogP contribution in [0.1, 0.15) is 19.8 Å². The summed E-state index contributed by atoms with van der Waals surface area (Å²) in [6, 6.07) is 5.89. The highest BCUT2D eigenvalue weighted by molar-refractivity contribution is 8.03. The van der Waals surface area contributed by atoms with E-state index in [9.17, 15) is 18.0 Å². The van der Waals surface area contributed by atoms with Crippen LogP contribution in [-0.4, -0.2) is 82.1 Å². The second-order valence-electron chi connectivity index (χ2n) is 8.68. The van der Waals surface area contributed by atoms with Gasteiger partial charge in [-0.3, -0.25) is 9.59 Å². The first-order chi connectivity index (χ1) is 18.1. The molecule has 210 valence electrons. The third-order valence-electron chi connectivity index (χ3n) is 6.25. The van der Waals surface area contributed by atoms with Gasteiger partial charge in [-0.05, 0) is 50.1 Å². The molecule has 1 saturated heterocycles. The topological polar surface area (TPSA) is 154 Å². The largest absolute Gasteiger partial charge is 0.492 e. The SMILES string of the molecule is C=C/C(N)=C(\C=C/C)SCC(=O)NCCOc1ccc(S(=O)(=O)C2(C(N)=O)CCN(CCOC)CC2)cc1. The summed E-state index contributed by atoms with van der Waals surface area (Å²) < 4.78 is 36.0. The lowest BCUT2D eigenvalue weighted by Crippen LogP contribution is -2.57. The molecule has 1 fully saturated rings. The van der Waals surface area contributed by atoms with Crippen LogP contribution in [0.2, 0.25) is 0 Å². The summed E-state index contributed by atoms with van der Waals surface area (Å²) in [7, 11) is -2.41. The lowest BCUT2D eigenvalue weighted by molar-refractivity contribution is -0.122. The van der Waals surface area contributed by atoms with Gasteiger partial charge in [0.05, 0.1) is 23.8 Å². The average molecular weight is 567 g/mol. The number of rotatable bonds is 15. The number of methoxy groups -OCH3 is 1. The molecule has 38 heavy (non-hydrogen) atoms. The van der Waals surface area contributed by atoms with Gasteiger partial charge in [-0.15, -0.1) is 11.8 Å². The Hall–Kier alpha value is -2.80. The van der Waals surface area contributed by atoms with E-state index in [-0.39, 0.29) is 42.5 Å². The van der Waals surface area contributed by atoms with Crippen LogP contribution >= 0.6 is 11.8 Å². The number of thioether (sulfide) groups is 1. The zero-order chi connectivity index (χ0) is 28.2. The maximum atomic E-state index is 13.5. The van der Waals surface area contributed by atoms with Crippen molar-refractivity contribution in [3.05, 3.63) is 59.7 Å². The first-order valence-corrected chi connectivity index (χ1v) is 14.7. The van der Waals surface area contributed by atoms with Gasteiger partial charge in [-0.25, -0.2) is 8.42 Å². The molecule has 5 N–H and O–H groups in total. The van der Waals surface area contributed by atoms with Crippen LogP contribution < -0.4 is 21.5 Å². The van der Waals surface area contributed by atoms with Crippen molar-refractivity contribution in [2.24, 2.45) is 11.5 Å². The second-order valence-corrected chi connectivity index (χ2v) is 12.0. The van der Waals surface area contributed by atoms with Gasteiger partial charge >= 0.3 is 0 Å². The van der Waals surface area contributed by atoms with Crippen molar-refractivity contribution < 1.29 is 27.5 Å². The van der Waals surface area contributed by atoms with Crippen LogP contribution in [0.25, 0.3) is 0 Å². The number of sulfone groups is 1. The molecule has 0 bridgehead atoms. The molecule has 2 amide bonds. The predicted molar refractivity (Wildman–Crippen MR) is 150 cm³/mol. The fraction of sp³-hybridized carbons (Fsp3) is 0.462. The van der Waals surface area contributed by atoms with Crippen molar-refractivity contribution in [3.8, 4) is 5.75 Å². The van der Waals surface area contributed by atoms with E-state index in [1.54, 1.807) is 7.11 Å². The number of piperidine rings is 1. The van der Waals surface area contributed by atoms with Crippen LogP contribution in [-0.2, 0) is 24.2 Å². The van der Waals surface area contributed by atoms with Gasteiger partial charge in [0, 0.05) is 37.3 Å². The van der Waals surface area contributed by atoms with E-state index in [2.05, 4.69) is 16.8 Å². The highest BCUT2D eigenvalue weighted by atomic mass is 32.2. The molecular formula is C26H38N4O6S2. The minimum atomic E-state index is -4.02. The van der Waals surface area contributed by atoms with Gasteiger partial charge in [0.15, 0.2) is 14.6 Å². The van der Waals surface area contributed by atoms with Crippen LogP contribution in [0, 0.1) is 0 Å². The minimum absolute atomic E-state index is 0.0168. The third-order valence-corrected chi connectivity index (χ3v) is 9.87. The Morgan fingerprint density at radius 2 is 1.84 bits per heavy atom.